The average Bonchev–Trinajstić information content (AvgIpc) is 2.43. The number of hydrogen-bond donors (Lipinski definition) is 1. The van der Waals surface area contributed by atoms with Crippen molar-refractivity contribution >= 4 is 22.6 Å². The van der Waals surface area contributed by atoms with E-state index in [2.05, 4.69) is 9.97 Å². The molecule has 1 aromatic heterocycles. The van der Waals surface area contributed by atoms with Crippen molar-refractivity contribution in [3.63, 3.8) is 0 Å². The third-order valence-corrected chi connectivity index (χ3v) is 3.75. The summed E-state index contributed by atoms with van der Waals surface area (Å²) in [5, 5.41) is 0. The Bertz CT molecular complexity index is 688. The zero-order valence-electron chi connectivity index (χ0n) is 10.9. The van der Waals surface area contributed by atoms with Gasteiger partial charge in [0.1, 0.15) is 9.39 Å². The van der Waals surface area contributed by atoms with Crippen molar-refractivity contribution in [1.29, 1.82) is 0 Å². The van der Waals surface area contributed by atoms with Gasteiger partial charge in [0.2, 0.25) is 0 Å². The highest BCUT2D eigenvalue weighted by Gasteiger charge is 2.12. The van der Waals surface area contributed by atoms with Gasteiger partial charge in [-0.2, -0.15) is 0 Å². The molecule has 1 heterocycles. The van der Waals surface area contributed by atoms with Crippen molar-refractivity contribution in [2.45, 2.75) is 6.61 Å². The maximum atomic E-state index is 13.7. The lowest BCUT2D eigenvalue weighted by atomic mass is 10.2. The smallest absolute Gasteiger partial charge is 0.264 e. The normalized spacial score (nSPS) is 10.6. The van der Waals surface area contributed by atoms with Crippen molar-refractivity contribution < 1.29 is 13.9 Å². The summed E-state index contributed by atoms with van der Waals surface area (Å²) >= 11 is 1.90. The second-order valence-electron chi connectivity index (χ2n) is 3.96. The van der Waals surface area contributed by atoms with Crippen LogP contribution >= 0.6 is 22.6 Å². The van der Waals surface area contributed by atoms with Crippen molar-refractivity contribution in [2.75, 3.05) is 14.2 Å². The molecule has 1 N–H and O–H groups in total. The maximum absolute atomic E-state index is 13.7. The number of benzene rings is 1. The van der Waals surface area contributed by atoms with Crippen molar-refractivity contribution in [2.24, 2.45) is 0 Å². The van der Waals surface area contributed by atoms with E-state index in [-0.39, 0.29) is 17.9 Å². The third kappa shape index (κ3) is 2.98. The van der Waals surface area contributed by atoms with Gasteiger partial charge in [0.15, 0.2) is 11.6 Å². The summed E-state index contributed by atoms with van der Waals surface area (Å²) in [6.45, 7) is 0.216. The molecule has 20 heavy (non-hydrogen) atoms. The maximum Gasteiger partial charge on any atom is 0.264 e. The Labute approximate surface area is 128 Å². The molecule has 0 bridgehead atoms. The van der Waals surface area contributed by atoms with E-state index in [9.17, 15) is 9.18 Å². The second kappa shape index (κ2) is 6.31. The first kappa shape index (κ1) is 14.9. The van der Waals surface area contributed by atoms with Crippen LogP contribution in [0.3, 0.4) is 0 Å². The number of rotatable bonds is 4. The van der Waals surface area contributed by atoms with Crippen molar-refractivity contribution in [1.82, 2.24) is 9.97 Å². The van der Waals surface area contributed by atoms with Gasteiger partial charge in [-0.25, -0.2) is 9.37 Å². The molecule has 0 aliphatic rings. The van der Waals surface area contributed by atoms with Gasteiger partial charge in [-0.1, -0.05) is 0 Å². The van der Waals surface area contributed by atoms with Gasteiger partial charge in [0.05, 0.1) is 19.4 Å². The van der Waals surface area contributed by atoms with Gasteiger partial charge in [-0.15, -0.1) is 0 Å². The predicted molar refractivity (Wildman–Crippen MR) is 80.2 cm³/mol. The van der Waals surface area contributed by atoms with Crippen LogP contribution in [0.2, 0.25) is 0 Å². The first-order valence-electron chi connectivity index (χ1n) is 5.68. The number of ether oxygens (including phenoxy) is 2. The number of aromatic amines is 1. The molecule has 0 aliphatic heterocycles. The Kier molecular flexibility index (Phi) is 4.71. The van der Waals surface area contributed by atoms with Crippen LogP contribution in [0.4, 0.5) is 4.39 Å². The largest absolute Gasteiger partial charge is 0.494 e. The van der Waals surface area contributed by atoms with Crippen LogP contribution in [0.1, 0.15) is 5.69 Å². The van der Waals surface area contributed by atoms with Crippen LogP contribution in [-0.4, -0.2) is 24.2 Å². The minimum Gasteiger partial charge on any atom is -0.494 e. The lowest BCUT2D eigenvalue weighted by Gasteiger charge is -2.07. The molecule has 1 aromatic carbocycles. The van der Waals surface area contributed by atoms with Crippen LogP contribution < -0.4 is 10.3 Å². The predicted octanol–water partition coefficient (Wildman–Crippen LogP) is 2.34. The molecule has 0 radical (unpaired) electrons. The Morgan fingerprint density at radius 1 is 1.40 bits per heavy atom. The van der Waals surface area contributed by atoms with E-state index >= 15 is 0 Å². The fraction of sp³-hybridized carbons (Fsp3) is 0.231. The second-order valence-corrected chi connectivity index (χ2v) is 5.04. The molecule has 0 saturated heterocycles. The first-order chi connectivity index (χ1) is 9.56. The molecule has 0 fully saturated rings. The van der Waals surface area contributed by atoms with E-state index in [0.29, 0.717) is 20.7 Å². The summed E-state index contributed by atoms with van der Waals surface area (Å²) in [4.78, 5) is 18.8. The number of methoxy groups -OCH3 is 2. The summed E-state index contributed by atoms with van der Waals surface area (Å²) in [5.41, 5.74) is 0.705. The molecule has 0 amide bonds. The van der Waals surface area contributed by atoms with Crippen LogP contribution in [0.15, 0.2) is 23.0 Å². The van der Waals surface area contributed by atoms with Crippen LogP contribution in [0, 0.1) is 9.39 Å². The molecule has 5 nitrogen and oxygen atoms in total. The average molecular weight is 390 g/mol. The Balaban J connectivity index is 2.52. The van der Waals surface area contributed by atoms with Crippen LogP contribution in [0.25, 0.3) is 11.4 Å². The number of aromatic nitrogens is 2. The molecule has 0 atom stereocenters. The van der Waals surface area contributed by atoms with Gasteiger partial charge in [-0.3, -0.25) is 4.79 Å². The van der Waals surface area contributed by atoms with E-state index in [4.69, 9.17) is 9.47 Å². The van der Waals surface area contributed by atoms with Crippen LogP contribution in [-0.2, 0) is 11.3 Å². The molecule has 0 spiro atoms. The molecule has 7 heteroatoms. The summed E-state index contributed by atoms with van der Waals surface area (Å²) in [5.74, 6) is -0.0813. The molecule has 0 aliphatic carbocycles. The highest BCUT2D eigenvalue weighted by Crippen LogP contribution is 2.23. The SMILES string of the molecule is COCc1nc(-c2ccc(OC)c(F)c2)[nH]c(=O)c1I. The highest BCUT2D eigenvalue weighted by molar-refractivity contribution is 14.1. The number of halogens is 2. The first-order valence-corrected chi connectivity index (χ1v) is 6.76. The number of hydrogen-bond acceptors (Lipinski definition) is 4. The van der Waals surface area contributed by atoms with E-state index in [1.165, 1.54) is 26.4 Å². The molecular formula is C13H12FIN2O3. The lowest BCUT2D eigenvalue weighted by Crippen LogP contribution is -2.16. The molecular weight excluding hydrogens is 378 g/mol. The number of nitrogens with zero attached hydrogens (tertiary/aromatic N) is 1. The van der Waals surface area contributed by atoms with Gasteiger partial charge in [0, 0.05) is 12.7 Å². The van der Waals surface area contributed by atoms with Gasteiger partial charge < -0.3 is 14.5 Å². The van der Waals surface area contributed by atoms with Gasteiger partial charge in [-0.05, 0) is 40.8 Å². The summed E-state index contributed by atoms with van der Waals surface area (Å²) < 4.78 is 24.0. The monoisotopic (exact) mass is 390 g/mol. The summed E-state index contributed by atoms with van der Waals surface area (Å²) in [6.07, 6.45) is 0. The van der Waals surface area contributed by atoms with Crippen molar-refractivity contribution in [3.05, 3.63) is 43.6 Å². The third-order valence-electron chi connectivity index (χ3n) is 2.64. The Hall–Kier alpha value is -1.48. The van der Waals surface area contributed by atoms with E-state index in [1.807, 2.05) is 22.6 Å². The minimum absolute atomic E-state index is 0.138. The summed E-state index contributed by atoms with van der Waals surface area (Å²) in [6, 6.07) is 4.38. The van der Waals surface area contributed by atoms with Gasteiger partial charge >= 0.3 is 0 Å². The Morgan fingerprint density at radius 2 is 2.15 bits per heavy atom. The zero-order chi connectivity index (χ0) is 14.7. The minimum atomic E-state index is -0.514. The molecule has 0 saturated carbocycles. The zero-order valence-corrected chi connectivity index (χ0v) is 13.0. The van der Waals surface area contributed by atoms with E-state index in [1.54, 1.807) is 6.07 Å². The Morgan fingerprint density at radius 3 is 2.75 bits per heavy atom. The molecule has 106 valence electrons. The van der Waals surface area contributed by atoms with Crippen molar-refractivity contribution in [3.8, 4) is 17.1 Å². The molecule has 2 rings (SSSR count). The fourth-order valence-corrected chi connectivity index (χ4v) is 2.10. The number of H-pyrrole nitrogens is 1. The molecule has 2 aromatic rings. The standard InChI is InChI=1S/C13H12FIN2O3/c1-19-6-9-11(15)13(18)17-12(16-9)7-3-4-10(20-2)8(14)5-7/h3-5H,6H2,1-2H3,(H,16,17,18). The fourth-order valence-electron chi connectivity index (χ4n) is 1.69. The topological polar surface area (TPSA) is 64.2 Å². The lowest BCUT2D eigenvalue weighted by molar-refractivity contribution is 0.180. The summed E-state index contributed by atoms with van der Waals surface area (Å²) in [7, 11) is 2.91. The molecule has 0 unspecified atom stereocenters. The van der Waals surface area contributed by atoms with E-state index < -0.39 is 5.82 Å². The highest BCUT2D eigenvalue weighted by atomic mass is 127. The van der Waals surface area contributed by atoms with Gasteiger partial charge in [0.25, 0.3) is 5.56 Å². The quantitative estimate of drug-likeness (QED) is 0.815. The number of nitrogens with one attached hydrogen (secondary N) is 1. The van der Waals surface area contributed by atoms with Crippen LogP contribution in [0.5, 0.6) is 5.75 Å². The van der Waals surface area contributed by atoms with E-state index in [0.717, 1.165) is 0 Å².